The van der Waals surface area contributed by atoms with Crippen molar-refractivity contribution in [3.8, 4) is 0 Å². The van der Waals surface area contributed by atoms with E-state index in [-0.39, 0.29) is 5.56 Å². The molecular weight excluding hydrogens is 252 g/mol. The van der Waals surface area contributed by atoms with Gasteiger partial charge in [0.2, 0.25) is 0 Å². The van der Waals surface area contributed by atoms with Gasteiger partial charge >= 0.3 is 5.97 Å². The van der Waals surface area contributed by atoms with Gasteiger partial charge in [0, 0.05) is 13.1 Å². The average molecular weight is 269 g/mol. The number of carboxylic acid groups (broad SMARTS) is 1. The molecule has 4 nitrogen and oxygen atoms in total. The highest BCUT2D eigenvalue weighted by Crippen LogP contribution is 2.28. The fraction of sp³-hybridized carbons (Fsp3) is 0.538. The molecule has 0 aliphatic carbocycles. The Morgan fingerprint density at radius 3 is 2.78 bits per heavy atom. The van der Waals surface area contributed by atoms with E-state index in [4.69, 9.17) is 11.6 Å². The number of aromatic nitrogens is 1. The topological polar surface area (TPSA) is 53.4 Å². The Morgan fingerprint density at radius 2 is 2.17 bits per heavy atom. The first-order chi connectivity index (χ1) is 8.49. The molecule has 0 spiro atoms. The van der Waals surface area contributed by atoms with Crippen LogP contribution < -0.4 is 4.90 Å². The molecule has 1 aliphatic rings. The van der Waals surface area contributed by atoms with Gasteiger partial charge in [0.25, 0.3) is 0 Å². The first kappa shape index (κ1) is 13.1. The Bertz CT molecular complexity index is 464. The lowest BCUT2D eigenvalue weighted by atomic mass is 9.88. The number of piperidine rings is 1. The van der Waals surface area contributed by atoms with E-state index in [0.29, 0.717) is 22.8 Å². The first-order valence-corrected chi connectivity index (χ1v) is 6.51. The number of carbonyl (C=O) groups is 1. The molecule has 1 saturated heterocycles. The molecule has 18 heavy (non-hydrogen) atoms. The number of anilines is 1. The Morgan fingerprint density at radius 1 is 1.44 bits per heavy atom. The summed E-state index contributed by atoms with van der Waals surface area (Å²) in [6, 6.07) is 3.04. The van der Waals surface area contributed by atoms with E-state index in [2.05, 4.69) is 18.8 Å². The van der Waals surface area contributed by atoms with E-state index in [1.807, 2.05) is 4.90 Å². The fourth-order valence-electron chi connectivity index (χ4n) is 2.29. The summed E-state index contributed by atoms with van der Waals surface area (Å²) in [5, 5.41) is 9.53. The maximum atomic E-state index is 11.2. The quantitative estimate of drug-likeness (QED) is 0.838. The van der Waals surface area contributed by atoms with Crippen LogP contribution in [0.2, 0.25) is 5.15 Å². The molecule has 1 fully saturated rings. The third-order valence-corrected chi connectivity index (χ3v) is 3.92. The summed E-state index contributed by atoms with van der Waals surface area (Å²) < 4.78 is 0. The van der Waals surface area contributed by atoms with Crippen molar-refractivity contribution in [3.05, 3.63) is 22.8 Å². The van der Waals surface area contributed by atoms with Crippen LogP contribution in [-0.2, 0) is 0 Å². The smallest absolute Gasteiger partial charge is 0.339 e. The molecule has 2 unspecified atom stereocenters. The van der Waals surface area contributed by atoms with Crippen LogP contribution in [0.4, 0.5) is 5.82 Å². The summed E-state index contributed by atoms with van der Waals surface area (Å²) in [7, 11) is 0. The summed E-state index contributed by atoms with van der Waals surface area (Å²) in [6.45, 7) is 6.07. The van der Waals surface area contributed by atoms with Crippen molar-refractivity contribution in [2.45, 2.75) is 20.3 Å². The molecule has 2 atom stereocenters. The molecule has 5 heteroatoms. The van der Waals surface area contributed by atoms with Gasteiger partial charge in [0.1, 0.15) is 16.5 Å². The van der Waals surface area contributed by atoms with E-state index in [0.717, 1.165) is 19.5 Å². The van der Waals surface area contributed by atoms with E-state index in [9.17, 15) is 9.90 Å². The van der Waals surface area contributed by atoms with Gasteiger partial charge in [-0.1, -0.05) is 25.4 Å². The van der Waals surface area contributed by atoms with E-state index in [1.165, 1.54) is 12.1 Å². The molecule has 0 amide bonds. The van der Waals surface area contributed by atoms with Gasteiger partial charge in [-0.3, -0.25) is 0 Å². The summed E-state index contributed by atoms with van der Waals surface area (Å²) in [4.78, 5) is 17.4. The molecular formula is C13H17ClN2O2. The Balaban J connectivity index is 2.32. The molecule has 1 N–H and O–H groups in total. The monoisotopic (exact) mass is 268 g/mol. The summed E-state index contributed by atoms with van der Waals surface area (Å²) >= 11 is 5.88. The number of hydrogen-bond acceptors (Lipinski definition) is 3. The highest BCUT2D eigenvalue weighted by molar-refractivity contribution is 6.29. The minimum Gasteiger partial charge on any atom is -0.478 e. The third-order valence-electron chi connectivity index (χ3n) is 3.71. The van der Waals surface area contributed by atoms with Gasteiger partial charge < -0.3 is 10.0 Å². The molecule has 98 valence electrons. The zero-order chi connectivity index (χ0) is 13.3. The molecule has 1 aromatic heterocycles. The largest absolute Gasteiger partial charge is 0.478 e. The van der Waals surface area contributed by atoms with Crippen molar-refractivity contribution in [3.63, 3.8) is 0 Å². The number of pyridine rings is 1. The molecule has 1 aliphatic heterocycles. The third kappa shape index (κ3) is 2.58. The Labute approximate surface area is 112 Å². The van der Waals surface area contributed by atoms with Gasteiger partial charge in [0.15, 0.2) is 0 Å². The normalized spacial score (nSPS) is 24.1. The minimum atomic E-state index is -0.958. The van der Waals surface area contributed by atoms with Crippen LogP contribution in [-0.4, -0.2) is 29.1 Å². The second-order valence-corrected chi connectivity index (χ2v) is 5.39. The van der Waals surface area contributed by atoms with Crippen molar-refractivity contribution < 1.29 is 9.90 Å². The summed E-state index contributed by atoms with van der Waals surface area (Å²) in [6.07, 6.45) is 1.05. The summed E-state index contributed by atoms with van der Waals surface area (Å²) in [5.74, 6) is 0.726. The first-order valence-electron chi connectivity index (χ1n) is 6.14. The van der Waals surface area contributed by atoms with Crippen molar-refractivity contribution >= 4 is 23.4 Å². The highest BCUT2D eigenvalue weighted by Gasteiger charge is 2.26. The predicted octanol–water partition coefficient (Wildman–Crippen LogP) is 2.92. The minimum absolute atomic E-state index is 0.223. The second kappa shape index (κ2) is 5.14. The van der Waals surface area contributed by atoms with Gasteiger partial charge in [-0.05, 0) is 30.4 Å². The van der Waals surface area contributed by atoms with E-state index in [1.54, 1.807) is 0 Å². The second-order valence-electron chi connectivity index (χ2n) is 5.00. The lowest BCUT2D eigenvalue weighted by Crippen LogP contribution is -2.39. The maximum Gasteiger partial charge on any atom is 0.339 e. The van der Waals surface area contributed by atoms with Crippen LogP contribution in [0.5, 0.6) is 0 Å². The van der Waals surface area contributed by atoms with Crippen LogP contribution in [0.1, 0.15) is 30.6 Å². The number of carboxylic acids is 1. The van der Waals surface area contributed by atoms with Gasteiger partial charge in [-0.25, -0.2) is 9.78 Å². The van der Waals surface area contributed by atoms with Gasteiger partial charge in [0.05, 0.1) is 0 Å². The number of hydrogen-bond donors (Lipinski definition) is 1. The van der Waals surface area contributed by atoms with Crippen molar-refractivity contribution in [1.29, 1.82) is 0 Å². The van der Waals surface area contributed by atoms with Crippen LogP contribution in [0.15, 0.2) is 12.1 Å². The number of aromatic carboxylic acids is 1. The van der Waals surface area contributed by atoms with Crippen LogP contribution in [0.3, 0.4) is 0 Å². The molecule has 0 aromatic carbocycles. The molecule has 2 rings (SSSR count). The molecule has 0 radical (unpaired) electrons. The van der Waals surface area contributed by atoms with Gasteiger partial charge in [-0.15, -0.1) is 0 Å². The highest BCUT2D eigenvalue weighted by atomic mass is 35.5. The number of nitrogens with zero attached hydrogens (tertiary/aromatic N) is 2. The predicted molar refractivity (Wildman–Crippen MR) is 71.4 cm³/mol. The molecule has 0 saturated carbocycles. The number of rotatable bonds is 2. The lowest BCUT2D eigenvalue weighted by Gasteiger charge is -2.36. The van der Waals surface area contributed by atoms with E-state index < -0.39 is 5.97 Å². The Hall–Kier alpha value is -1.29. The van der Waals surface area contributed by atoms with Crippen molar-refractivity contribution in [2.24, 2.45) is 11.8 Å². The maximum absolute atomic E-state index is 11.2. The summed E-state index contributed by atoms with van der Waals surface area (Å²) in [5.41, 5.74) is 0.223. The molecule has 0 bridgehead atoms. The standard InChI is InChI=1S/C13H17ClN2O2/c1-8-5-6-16(7-9(8)2)12-10(13(17)18)3-4-11(14)15-12/h3-4,8-9H,5-7H2,1-2H3,(H,17,18). The van der Waals surface area contributed by atoms with Crippen LogP contribution in [0, 0.1) is 11.8 Å². The SMILES string of the molecule is CC1CCN(c2nc(Cl)ccc2C(=O)O)CC1C. The lowest BCUT2D eigenvalue weighted by molar-refractivity contribution is 0.0697. The average Bonchev–Trinajstić information content (AvgIpc) is 2.32. The zero-order valence-corrected chi connectivity index (χ0v) is 11.3. The molecule has 1 aromatic rings. The van der Waals surface area contributed by atoms with Crippen molar-refractivity contribution in [2.75, 3.05) is 18.0 Å². The molecule has 2 heterocycles. The van der Waals surface area contributed by atoms with Crippen LogP contribution in [0.25, 0.3) is 0 Å². The van der Waals surface area contributed by atoms with Crippen molar-refractivity contribution in [1.82, 2.24) is 4.98 Å². The van der Waals surface area contributed by atoms with Crippen LogP contribution >= 0.6 is 11.6 Å². The van der Waals surface area contributed by atoms with Gasteiger partial charge in [-0.2, -0.15) is 0 Å². The zero-order valence-electron chi connectivity index (χ0n) is 10.6. The number of halogens is 1. The Kier molecular flexibility index (Phi) is 3.76. The fourth-order valence-corrected chi connectivity index (χ4v) is 2.43. The van der Waals surface area contributed by atoms with E-state index >= 15 is 0 Å².